The average molecular weight is 266 g/mol. The highest BCUT2D eigenvalue weighted by Gasteiger charge is 2.40. The van der Waals surface area contributed by atoms with Crippen LogP contribution in [-0.4, -0.2) is 37.1 Å². The van der Waals surface area contributed by atoms with Crippen LogP contribution in [0.25, 0.3) is 0 Å². The molecule has 2 aliphatic carbocycles. The molecule has 0 amide bonds. The van der Waals surface area contributed by atoms with E-state index in [1.165, 1.54) is 51.5 Å². The molecule has 19 heavy (non-hydrogen) atoms. The van der Waals surface area contributed by atoms with Crippen molar-refractivity contribution >= 4 is 0 Å². The summed E-state index contributed by atoms with van der Waals surface area (Å²) in [6, 6.07) is 1.40. The third-order valence-corrected chi connectivity index (χ3v) is 5.56. The van der Waals surface area contributed by atoms with E-state index in [9.17, 15) is 0 Å². The maximum Gasteiger partial charge on any atom is 0.0274 e. The van der Waals surface area contributed by atoms with Crippen molar-refractivity contribution in [3.63, 3.8) is 0 Å². The largest absolute Gasteiger partial charge is 0.312 e. The van der Waals surface area contributed by atoms with Crippen molar-refractivity contribution in [2.45, 2.75) is 77.8 Å². The van der Waals surface area contributed by atoms with Gasteiger partial charge in [-0.1, -0.05) is 40.0 Å². The first-order valence-electron chi connectivity index (χ1n) is 8.48. The molecule has 2 fully saturated rings. The second-order valence-corrected chi connectivity index (χ2v) is 7.57. The number of hydrogen-bond donors (Lipinski definition) is 1. The monoisotopic (exact) mass is 266 g/mol. The van der Waals surface area contributed by atoms with Crippen molar-refractivity contribution < 1.29 is 0 Å². The van der Waals surface area contributed by atoms with E-state index in [0.717, 1.165) is 18.5 Å². The van der Waals surface area contributed by atoms with Crippen molar-refractivity contribution in [2.24, 2.45) is 11.3 Å². The van der Waals surface area contributed by atoms with Crippen LogP contribution in [0.2, 0.25) is 0 Å². The van der Waals surface area contributed by atoms with Crippen LogP contribution in [0.4, 0.5) is 0 Å². The number of nitrogens with zero attached hydrogens (tertiary/aromatic N) is 1. The van der Waals surface area contributed by atoms with Crippen LogP contribution >= 0.6 is 0 Å². The van der Waals surface area contributed by atoms with Crippen LogP contribution in [0, 0.1) is 11.3 Å². The van der Waals surface area contributed by atoms with Crippen LogP contribution in [-0.2, 0) is 0 Å². The van der Waals surface area contributed by atoms with E-state index in [1.54, 1.807) is 0 Å². The van der Waals surface area contributed by atoms with Crippen molar-refractivity contribution in [1.82, 2.24) is 10.2 Å². The highest BCUT2D eigenvalue weighted by Crippen LogP contribution is 2.38. The van der Waals surface area contributed by atoms with Crippen LogP contribution in [0.15, 0.2) is 0 Å². The van der Waals surface area contributed by atoms with E-state index in [4.69, 9.17) is 0 Å². The lowest BCUT2D eigenvalue weighted by atomic mass is 9.70. The van der Waals surface area contributed by atoms with Crippen LogP contribution in [0.5, 0.6) is 0 Å². The van der Waals surface area contributed by atoms with E-state index < -0.39 is 0 Å². The summed E-state index contributed by atoms with van der Waals surface area (Å²) in [7, 11) is 2.37. The molecular weight excluding hydrogens is 232 g/mol. The maximum absolute atomic E-state index is 3.79. The molecule has 112 valence electrons. The maximum atomic E-state index is 3.79. The third kappa shape index (κ3) is 3.72. The zero-order chi connectivity index (χ0) is 13.9. The molecule has 0 aliphatic heterocycles. The minimum atomic E-state index is 0.447. The van der Waals surface area contributed by atoms with Crippen LogP contribution in [0.1, 0.15) is 65.7 Å². The summed E-state index contributed by atoms with van der Waals surface area (Å²) in [6.07, 6.45) is 10.0. The normalized spacial score (nSPS) is 32.1. The minimum Gasteiger partial charge on any atom is -0.312 e. The first-order valence-corrected chi connectivity index (χ1v) is 8.48. The summed E-state index contributed by atoms with van der Waals surface area (Å²) < 4.78 is 0. The number of rotatable bonds is 5. The fourth-order valence-corrected chi connectivity index (χ4v) is 4.45. The molecule has 0 aromatic heterocycles. The zero-order valence-corrected chi connectivity index (χ0v) is 13.5. The van der Waals surface area contributed by atoms with Gasteiger partial charge in [0, 0.05) is 18.6 Å². The molecule has 0 saturated heterocycles. The predicted octanol–water partition coefficient (Wildman–Crippen LogP) is 3.67. The molecule has 0 aromatic carbocycles. The van der Waals surface area contributed by atoms with E-state index in [2.05, 4.69) is 38.0 Å². The fourth-order valence-electron chi connectivity index (χ4n) is 4.45. The van der Waals surface area contributed by atoms with Crippen molar-refractivity contribution in [2.75, 3.05) is 20.1 Å². The van der Waals surface area contributed by atoms with Crippen molar-refractivity contribution in [1.29, 1.82) is 0 Å². The Morgan fingerprint density at radius 2 is 1.79 bits per heavy atom. The summed E-state index contributed by atoms with van der Waals surface area (Å²) in [5.41, 5.74) is 0.447. The van der Waals surface area contributed by atoms with Gasteiger partial charge in [0.15, 0.2) is 0 Å². The first kappa shape index (κ1) is 15.3. The molecule has 0 aromatic rings. The number of nitrogens with one attached hydrogen (secondary N) is 1. The Labute approximate surface area is 120 Å². The Bertz CT molecular complexity index is 268. The lowest BCUT2D eigenvalue weighted by molar-refractivity contribution is 0.0558. The minimum absolute atomic E-state index is 0.447. The molecule has 0 heterocycles. The van der Waals surface area contributed by atoms with Crippen molar-refractivity contribution in [3.05, 3.63) is 0 Å². The topological polar surface area (TPSA) is 15.3 Å². The van der Waals surface area contributed by atoms with E-state index in [0.29, 0.717) is 11.5 Å². The van der Waals surface area contributed by atoms with Crippen molar-refractivity contribution in [3.8, 4) is 0 Å². The van der Waals surface area contributed by atoms with Gasteiger partial charge in [-0.25, -0.2) is 0 Å². The van der Waals surface area contributed by atoms with Gasteiger partial charge in [0.2, 0.25) is 0 Å². The first-order chi connectivity index (χ1) is 9.04. The van der Waals surface area contributed by atoms with Gasteiger partial charge >= 0.3 is 0 Å². The number of hydrogen-bond acceptors (Lipinski definition) is 2. The predicted molar refractivity (Wildman–Crippen MR) is 83.5 cm³/mol. The van der Waals surface area contributed by atoms with E-state index >= 15 is 0 Å². The zero-order valence-electron chi connectivity index (χ0n) is 13.5. The Morgan fingerprint density at radius 1 is 1.11 bits per heavy atom. The molecule has 2 atom stereocenters. The Kier molecular flexibility index (Phi) is 5.30. The van der Waals surface area contributed by atoms with Gasteiger partial charge in [-0.15, -0.1) is 0 Å². The Hall–Kier alpha value is -0.0800. The quantitative estimate of drug-likeness (QED) is 0.817. The molecule has 2 unspecified atom stereocenters. The molecular formula is C17H34N2. The van der Waals surface area contributed by atoms with Gasteiger partial charge in [-0.2, -0.15) is 0 Å². The molecule has 0 bridgehead atoms. The third-order valence-electron chi connectivity index (χ3n) is 5.56. The Morgan fingerprint density at radius 3 is 2.42 bits per heavy atom. The lowest BCUT2D eigenvalue weighted by Crippen LogP contribution is -2.58. The summed E-state index contributed by atoms with van der Waals surface area (Å²) in [5, 5.41) is 3.79. The molecule has 2 aliphatic rings. The van der Waals surface area contributed by atoms with Crippen LogP contribution in [0.3, 0.4) is 0 Å². The molecule has 2 nitrogen and oxygen atoms in total. The lowest BCUT2D eigenvalue weighted by Gasteiger charge is -2.48. The highest BCUT2D eigenvalue weighted by atomic mass is 15.2. The molecule has 0 spiro atoms. The van der Waals surface area contributed by atoms with Gasteiger partial charge in [0.25, 0.3) is 0 Å². The molecule has 0 radical (unpaired) electrons. The standard InChI is InChI=1S/C17H34N2/c1-5-18-16-15(11-8-12-17(16,2)3)19(4)13-14-9-6-7-10-14/h14-16,18H,5-13H2,1-4H3. The second-order valence-electron chi connectivity index (χ2n) is 7.57. The summed E-state index contributed by atoms with van der Waals surface area (Å²) in [4.78, 5) is 2.68. The summed E-state index contributed by atoms with van der Waals surface area (Å²) in [6.45, 7) is 9.58. The van der Waals surface area contributed by atoms with Gasteiger partial charge in [0.05, 0.1) is 0 Å². The SMILES string of the molecule is CCNC1C(N(C)CC2CCCC2)CCCC1(C)C. The highest BCUT2D eigenvalue weighted by molar-refractivity contribution is 4.97. The molecule has 2 rings (SSSR count). The molecule has 2 heteroatoms. The smallest absolute Gasteiger partial charge is 0.0274 e. The summed E-state index contributed by atoms with van der Waals surface area (Å²) >= 11 is 0. The Balaban J connectivity index is 1.98. The number of likely N-dealkylation sites (N-methyl/N-ethyl adjacent to an activating group) is 2. The molecule has 1 N–H and O–H groups in total. The fraction of sp³-hybridized carbons (Fsp3) is 1.00. The van der Waals surface area contributed by atoms with Gasteiger partial charge < -0.3 is 10.2 Å². The molecule has 2 saturated carbocycles. The average Bonchev–Trinajstić information content (AvgIpc) is 2.84. The van der Waals surface area contributed by atoms with Crippen LogP contribution < -0.4 is 5.32 Å². The second kappa shape index (κ2) is 6.58. The van der Waals surface area contributed by atoms with Gasteiger partial charge in [-0.05, 0) is 50.6 Å². The van der Waals surface area contributed by atoms with E-state index in [1.807, 2.05) is 0 Å². The van der Waals surface area contributed by atoms with Gasteiger partial charge in [-0.3, -0.25) is 0 Å². The summed E-state index contributed by atoms with van der Waals surface area (Å²) in [5.74, 6) is 0.970. The van der Waals surface area contributed by atoms with Gasteiger partial charge in [0.1, 0.15) is 0 Å². The van der Waals surface area contributed by atoms with E-state index in [-0.39, 0.29) is 0 Å².